The molecule has 0 saturated heterocycles. The van der Waals surface area contributed by atoms with Gasteiger partial charge in [-0.2, -0.15) is 0 Å². The van der Waals surface area contributed by atoms with Gasteiger partial charge in [0.1, 0.15) is 13.2 Å². The van der Waals surface area contributed by atoms with E-state index in [1.165, 1.54) is 0 Å². The lowest BCUT2D eigenvalue weighted by Gasteiger charge is -2.32. The number of urea groups is 1. The first-order chi connectivity index (χ1) is 12.6. The van der Waals surface area contributed by atoms with E-state index in [4.69, 9.17) is 14.0 Å². The van der Waals surface area contributed by atoms with Crippen molar-refractivity contribution in [3.05, 3.63) is 41.3 Å². The average Bonchev–Trinajstić information content (AvgIpc) is 3.29. The number of carbonyl (C=O) groups excluding carboxylic acids is 1. The molecule has 1 fully saturated rings. The lowest BCUT2D eigenvalue weighted by Crippen LogP contribution is -2.48. The highest BCUT2D eigenvalue weighted by Crippen LogP contribution is 2.42. The highest BCUT2D eigenvalue weighted by Gasteiger charge is 2.38. The number of rotatable bonds is 4. The summed E-state index contributed by atoms with van der Waals surface area (Å²) < 4.78 is 16.4. The Labute approximate surface area is 152 Å². The molecule has 1 saturated carbocycles. The van der Waals surface area contributed by atoms with E-state index in [-0.39, 0.29) is 11.6 Å². The highest BCUT2D eigenvalue weighted by molar-refractivity contribution is 5.75. The smallest absolute Gasteiger partial charge is 0.315 e. The Balaban J connectivity index is 1.48. The molecule has 0 spiro atoms. The monoisotopic (exact) mass is 357 g/mol. The Morgan fingerprint density at radius 1 is 1.15 bits per heavy atom. The van der Waals surface area contributed by atoms with Crippen molar-refractivity contribution in [3.63, 3.8) is 0 Å². The first-order valence-corrected chi connectivity index (χ1v) is 9.03. The van der Waals surface area contributed by atoms with Crippen LogP contribution in [0.5, 0.6) is 11.5 Å². The molecule has 1 aliphatic carbocycles. The molecule has 2 N–H and O–H groups in total. The second kappa shape index (κ2) is 6.90. The molecule has 4 rings (SSSR count). The molecule has 0 bridgehead atoms. The Morgan fingerprint density at radius 2 is 1.92 bits per heavy atom. The molecule has 7 nitrogen and oxygen atoms in total. The maximum atomic E-state index is 12.5. The number of ether oxygens (including phenoxy) is 2. The van der Waals surface area contributed by atoms with Crippen molar-refractivity contribution < 1.29 is 18.8 Å². The van der Waals surface area contributed by atoms with Crippen molar-refractivity contribution in [3.8, 4) is 11.5 Å². The standard InChI is InChI=1S/C19H23N3O4/c1-13-10-15(26-22-13)12-20-18(23)21-19(6-2-3-7-19)14-4-5-16-17(11-14)25-9-8-24-16/h4-5,10-11H,2-3,6-9,12H2,1H3,(H2,20,21,23). The van der Waals surface area contributed by atoms with E-state index in [0.29, 0.717) is 25.5 Å². The SMILES string of the molecule is Cc1cc(CNC(=O)NC2(c3ccc4c(c3)OCCO4)CCCC2)on1. The molecule has 7 heteroatoms. The van der Waals surface area contributed by atoms with Crippen LogP contribution >= 0.6 is 0 Å². The number of aromatic nitrogens is 1. The number of benzene rings is 1. The lowest BCUT2D eigenvalue weighted by atomic mass is 9.88. The number of nitrogens with one attached hydrogen (secondary N) is 2. The summed E-state index contributed by atoms with van der Waals surface area (Å²) in [6.07, 6.45) is 3.97. The van der Waals surface area contributed by atoms with Crippen molar-refractivity contribution in [1.82, 2.24) is 15.8 Å². The van der Waals surface area contributed by atoms with Crippen LogP contribution in [0.15, 0.2) is 28.8 Å². The van der Waals surface area contributed by atoms with Crippen LogP contribution < -0.4 is 20.1 Å². The molecule has 2 aromatic rings. The summed E-state index contributed by atoms with van der Waals surface area (Å²) in [6, 6.07) is 7.56. The van der Waals surface area contributed by atoms with E-state index in [2.05, 4.69) is 15.8 Å². The summed E-state index contributed by atoms with van der Waals surface area (Å²) in [7, 11) is 0. The number of carbonyl (C=O) groups is 1. The number of amides is 2. The molecule has 1 aromatic carbocycles. The maximum Gasteiger partial charge on any atom is 0.315 e. The predicted octanol–water partition coefficient (Wildman–Crippen LogP) is 3.02. The van der Waals surface area contributed by atoms with Gasteiger partial charge in [0.2, 0.25) is 0 Å². The van der Waals surface area contributed by atoms with E-state index in [0.717, 1.165) is 48.4 Å². The van der Waals surface area contributed by atoms with Gasteiger partial charge >= 0.3 is 6.03 Å². The van der Waals surface area contributed by atoms with E-state index in [1.54, 1.807) is 0 Å². The Morgan fingerprint density at radius 3 is 2.65 bits per heavy atom. The third-order valence-electron chi connectivity index (χ3n) is 5.00. The van der Waals surface area contributed by atoms with Crippen LogP contribution in [-0.2, 0) is 12.1 Å². The second-order valence-electron chi connectivity index (χ2n) is 6.89. The molecule has 26 heavy (non-hydrogen) atoms. The summed E-state index contributed by atoms with van der Waals surface area (Å²) in [4.78, 5) is 12.5. The molecule has 1 aromatic heterocycles. The van der Waals surface area contributed by atoms with Gasteiger partial charge < -0.3 is 24.6 Å². The van der Waals surface area contributed by atoms with Crippen molar-refractivity contribution in [2.24, 2.45) is 0 Å². The van der Waals surface area contributed by atoms with Gasteiger partial charge in [-0.1, -0.05) is 24.1 Å². The van der Waals surface area contributed by atoms with Crippen LogP contribution in [0.4, 0.5) is 4.79 Å². The maximum absolute atomic E-state index is 12.5. The van der Waals surface area contributed by atoms with Crippen LogP contribution in [0.3, 0.4) is 0 Å². The van der Waals surface area contributed by atoms with Gasteiger partial charge in [0.15, 0.2) is 17.3 Å². The normalized spacial score (nSPS) is 17.7. The molecule has 2 amide bonds. The fraction of sp³-hybridized carbons (Fsp3) is 0.474. The molecule has 0 atom stereocenters. The zero-order chi connectivity index (χ0) is 18.0. The minimum Gasteiger partial charge on any atom is -0.486 e. The van der Waals surface area contributed by atoms with E-state index < -0.39 is 0 Å². The topological polar surface area (TPSA) is 85.6 Å². The Bertz CT molecular complexity index is 796. The third kappa shape index (κ3) is 3.34. The molecule has 2 aliphatic rings. The third-order valence-corrected chi connectivity index (χ3v) is 5.00. The van der Waals surface area contributed by atoms with E-state index >= 15 is 0 Å². The minimum absolute atomic E-state index is 0.212. The van der Waals surface area contributed by atoms with Gasteiger partial charge in [0.05, 0.1) is 17.8 Å². The second-order valence-corrected chi connectivity index (χ2v) is 6.89. The van der Waals surface area contributed by atoms with Gasteiger partial charge in [-0.25, -0.2) is 4.79 Å². The number of fused-ring (bicyclic) bond motifs is 1. The quantitative estimate of drug-likeness (QED) is 0.878. The number of hydrogen-bond donors (Lipinski definition) is 2. The van der Waals surface area contributed by atoms with Crippen LogP contribution in [-0.4, -0.2) is 24.4 Å². The van der Waals surface area contributed by atoms with Gasteiger partial charge in [-0.15, -0.1) is 0 Å². The zero-order valence-electron chi connectivity index (χ0n) is 14.8. The van der Waals surface area contributed by atoms with Crippen LogP contribution in [0, 0.1) is 6.92 Å². The van der Waals surface area contributed by atoms with Crippen molar-refractivity contribution in [1.29, 1.82) is 0 Å². The summed E-state index contributed by atoms with van der Waals surface area (Å²) in [5, 5.41) is 9.87. The number of hydrogen-bond acceptors (Lipinski definition) is 5. The molecule has 0 unspecified atom stereocenters. The summed E-state index contributed by atoms with van der Waals surface area (Å²) in [6.45, 7) is 3.28. The van der Waals surface area contributed by atoms with Crippen LogP contribution in [0.2, 0.25) is 0 Å². The molecule has 138 valence electrons. The van der Waals surface area contributed by atoms with Gasteiger partial charge in [0.25, 0.3) is 0 Å². The summed E-state index contributed by atoms with van der Waals surface area (Å²) >= 11 is 0. The highest BCUT2D eigenvalue weighted by atomic mass is 16.6. The first-order valence-electron chi connectivity index (χ1n) is 9.03. The summed E-state index contributed by atoms with van der Waals surface area (Å²) in [5.41, 5.74) is 1.48. The lowest BCUT2D eigenvalue weighted by molar-refractivity contribution is 0.170. The van der Waals surface area contributed by atoms with Crippen molar-refractivity contribution in [2.75, 3.05) is 13.2 Å². The number of nitrogens with zero attached hydrogens (tertiary/aromatic N) is 1. The van der Waals surface area contributed by atoms with E-state index in [9.17, 15) is 4.79 Å². The Kier molecular flexibility index (Phi) is 4.44. The van der Waals surface area contributed by atoms with Gasteiger partial charge in [-0.3, -0.25) is 0 Å². The molecule has 2 heterocycles. The molecule has 0 radical (unpaired) electrons. The van der Waals surface area contributed by atoms with Gasteiger partial charge in [0, 0.05) is 6.07 Å². The van der Waals surface area contributed by atoms with Crippen molar-refractivity contribution in [2.45, 2.75) is 44.7 Å². The first kappa shape index (κ1) is 16.8. The Hall–Kier alpha value is -2.70. The van der Waals surface area contributed by atoms with Gasteiger partial charge in [-0.05, 0) is 37.5 Å². The molecular formula is C19H23N3O4. The number of aryl methyl sites for hydroxylation is 1. The molecule has 1 aliphatic heterocycles. The van der Waals surface area contributed by atoms with Crippen LogP contribution in [0.1, 0.15) is 42.7 Å². The largest absolute Gasteiger partial charge is 0.486 e. The fourth-order valence-electron chi connectivity index (χ4n) is 3.73. The van der Waals surface area contributed by atoms with Crippen LogP contribution in [0.25, 0.3) is 0 Å². The predicted molar refractivity (Wildman–Crippen MR) is 94.2 cm³/mol. The minimum atomic E-state index is -0.378. The van der Waals surface area contributed by atoms with E-state index in [1.807, 2.05) is 31.2 Å². The summed E-state index contributed by atoms with van der Waals surface area (Å²) in [5.74, 6) is 2.15. The molecular weight excluding hydrogens is 334 g/mol. The average molecular weight is 357 g/mol. The fourth-order valence-corrected chi connectivity index (χ4v) is 3.73. The van der Waals surface area contributed by atoms with Crippen molar-refractivity contribution >= 4 is 6.03 Å². The zero-order valence-corrected chi connectivity index (χ0v) is 14.8.